The van der Waals surface area contributed by atoms with Gasteiger partial charge in [-0.1, -0.05) is 24.6 Å². The Balaban J connectivity index is 1.39. The van der Waals surface area contributed by atoms with Gasteiger partial charge < -0.3 is 10.1 Å². The van der Waals surface area contributed by atoms with E-state index in [0.717, 1.165) is 5.56 Å². The van der Waals surface area contributed by atoms with Crippen LogP contribution in [0, 0.1) is 0 Å². The van der Waals surface area contributed by atoms with E-state index in [1.165, 1.54) is 52.8 Å². The lowest BCUT2D eigenvalue weighted by Gasteiger charge is -2.20. The normalized spacial score (nSPS) is 14.1. The summed E-state index contributed by atoms with van der Waals surface area (Å²) < 4.78 is 60.5. The minimum Gasteiger partial charge on any atom is -0.484 e. The van der Waals surface area contributed by atoms with E-state index in [2.05, 4.69) is 10.0 Å². The number of rotatable bonds is 10. The molecule has 3 aromatic rings. The molecule has 1 heterocycles. The van der Waals surface area contributed by atoms with Crippen molar-refractivity contribution in [1.82, 2.24) is 4.72 Å². The molecule has 0 bridgehead atoms. The highest BCUT2D eigenvalue weighted by Gasteiger charge is 2.31. The van der Waals surface area contributed by atoms with Crippen molar-refractivity contribution in [3.05, 3.63) is 77.3 Å². The summed E-state index contributed by atoms with van der Waals surface area (Å²) in [5.41, 5.74) is 1.78. The molecule has 0 unspecified atom stereocenters. The lowest BCUT2D eigenvalue weighted by atomic mass is 10.1. The number of ether oxygens (including phenoxy) is 1. The van der Waals surface area contributed by atoms with Gasteiger partial charge in [0.05, 0.1) is 15.5 Å². The van der Waals surface area contributed by atoms with Crippen molar-refractivity contribution in [3.8, 4) is 5.75 Å². The largest absolute Gasteiger partial charge is 0.484 e. The minimum absolute atomic E-state index is 0.103. The number of hydrogen-bond donors (Lipinski definition) is 2. The van der Waals surface area contributed by atoms with Crippen molar-refractivity contribution in [2.45, 2.75) is 42.5 Å². The molecule has 0 radical (unpaired) electrons. The van der Waals surface area contributed by atoms with Crippen LogP contribution in [0.3, 0.4) is 0 Å². The van der Waals surface area contributed by atoms with Gasteiger partial charge in [0.25, 0.3) is 15.9 Å². The lowest BCUT2D eigenvalue weighted by Crippen LogP contribution is -2.31. The predicted octanol–water partition coefficient (Wildman–Crippen LogP) is 4.19. The smallest absolute Gasteiger partial charge is 0.264 e. The van der Waals surface area contributed by atoms with E-state index in [1.54, 1.807) is 25.1 Å². The number of hydrogen-bond acceptors (Lipinski definition) is 6. The highest BCUT2D eigenvalue weighted by Crippen LogP contribution is 2.35. The summed E-state index contributed by atoms with van der Waals surface area (Å²) in [6, 6.07) is 16.7. The number of carbonyl (C=O) groups excluding carboxylic acids is 1. The van der Waals surface area contributed by atoms with Crippen LogP contribution in [0.4, 0.5) is 11.4 Å². The summed E-state index contributed by atoms with van der Waals surface area (Å²) in [7, 11) is -7.43. The predicted molar refractivity (Wildman–Crippen MR) is 147 cm³/mol. The number of carbonyl (C=O) groups is 1. The van der Waals surface area contributed by atoms with Crippen LogP contribution >= 0.6 is 11.6 Å². The minimum atomic E-state index is -3.79. The fourth-order valence-electron chi connectivity index (χ4n) is 3.89. The van der Waals surface area contributed by atoms with Crippen molar-refractivity contribution >= 4 is 48.9 Å². The van der Waals surface area contributed by atoms with Crippen LogP contribution in [0.2, 0.25) is 5.02 Å². The summed E-state index contributed by atoms with van der Waals surface area (Å²) in [5.74, 6) is -0.123. The van der Waals surface area contributed by atoms with Gasteiger partial charge in [0.15, 0.2) is 6.61 Å². The molecule has 4 rings (SSSR count). The zero-order valence-electron chi connectivity index (χ0n) is 20.8. The SMILES string of the molecule is CC[C@@H](C)NS(=O)(=O)c1ccc(OCC(=O)Nc2ccc3c(c2)N(S(=O)(=O)c2ccc(Cl)cc2)CC3)cc1. The van der Waals surface area contributed by atoms with Crippen molar-refractivity contribution < 1.29 is 26.4 Å². The maximum atomic E-state index is 13.2. The Kier molecular flexibility index (Phi) is 8.31. The van der Waals surface area contributed by atoms with Gasteiger partial charge in [0.2, 0.25) is 10.0 Å². The Morgan fingerprint density at radius 1 is 1.00 bits per heavy atom. The lowest BCUT2D eigenvalue weighted by molar-refractivity contribution is -0.118. The first-order valence-corrected chi connectivity index (χ1v) is 15.3. The topological polar surface area (TPSA) is 122 Å². The molecule has 0 fully saturated rings. The van der Waals surface area contributed by atoms with E-state index in [0.29, 0.717) is 41.5 Å². The standard InChI is InChI=1S/C26H28ClN3O6S2/c1-3-18(2)29-37(32,33)23-12-8-22(9-13-23)36-17-26(31)28-21-7-4-19-14-15-30(25(19)16-21)38(34,35)24-10-5-20(27)6-11-24/h4-13,16,18,29H,3,14-15,17H2,1-2H3,(H,28,31)/t18-/m1/s1. The molecule has 0 saturated carbocycles. The summed E-state index contributed by atoms with van der Waals surface area (Å²) in [5, 5.41) is 3.16. The van der Waals surface area contributed by atoms with E-state index in [-0.39, 0.29) is 22.4 Å². The summed E-state index contributed by atoms with van der Waals surface area (Å²) in [4.78, 5) is 12.7. The van der Waals surface area contributed by atoms with Crippen molar-refractivity contribution in [2.24, 2.45) is 0 Å². The monoisotopic (exact) mass is 577 g/mol. The molecule has 0 saturated heterocycles. The molecule has 38 heavy (non-hydrogen) atoms. The van der Waals surface area contributed by atoms with Crippen molar-refractivity contribution in [2.75, 3.05) is 22.8 Å². The second-order valence-electron chi connectivity index (χ2n) is 8.86. The third-order valence-electron chi connectivity index (χ3n) is 6.10. The molecule has 9 nitrogen and oxygen atoms in total. The molecule has 0 spiro atoms. The Labute approximate surface area is 227 Å². The highest BCUT2D eigenvalue weighted by atomic mass is 35.5. The van der Waals surface area contributed by atoms with Crippen LogP contribution in [-0.4, -0.2) is 41.9 Å². The van der Waals surface area contributed by atoms with Gasteiger partial charge in [0, 0.05) is 23.3 Å². The molecule has 1 aliphatic rings. The molecule has 2 N–H and O–H groups in total. The molecule has 1 aliphatic heterocycles. The molecule has 0 aromatic heterocycles. The summed E-state index contributed by atoms with van der Waals surface area (Å²) in [6.07, 6.45) is 1.22. The number of fused-ring (bicyclic) bond motifs is 1. The first-order chi connectivity index (χ1) is 18.0. The number of nitrogens with zero attached hydrogens (tertiary/aromatic N) is 1. The first-order valence-electron chi connectivity index (χ1n) is 12.0. The molecule has 1 amide bonds. The van der Waals surface area contributed by atoms with Gasteiger partial charge in [0.1, 0.15) is 5.75 Å². The van der Waals surface area contributed by atoms with Crippen LogP contribution in [0.25, 0.3) is 0 Å². The van der Waals surface area contributed by atoms with Gasteiger partial charge in [-0.25, -0.2) is 21.6 Å². The van der Waals surface area contributed by atoms with Gasteiger partial charge in [-0.3, -0.25) is 9.10 Å². The van der Waals surface area contributed by atoms with E-state index in [1.807, 2.05) is 6.92 Å². The van der Waals surface area contributed by atoms with Crippen molar-refractivity contribution in [3.63, 3.8) is 0 Å². The average Bonchev–Trinajstić information content (AvgIpc) is 3.32. The fraction of sp³-hybridized carbons (Fsp3) is 0.269. The van der Waals surface area contributed by atoms with Gasteiger partial charge in [-0.15, -0.1) is 0 Å². The highest BCUT2D eigenvalue weighted by molar-refractivity contribution is 7.92. The molecular weight excluding hydrogens is 550 g/mol. The van der Waals surface area contributed by atoms with Crippen LogP contribution in [-0.2, 0) is 31.3 Å². The van der Waals surface area contributed by atoms with Gasteiger partial charge in [-0.2, -0.15) is 0 Å². The summed E-state index contributed by atoms with van der Waals surface area (Å²) in [6.45, 7) is 3.64. The summed E-state index contributed by atoms with van der Waals surface area (Å²) >= 11 is 5.90. The second-order valence-corrected chi connectivity index (χ2v) is 12.9. The molecule has 1 atom stereocenters. The Morgan fingerprint density at radius 2 is 1.66 bits per heavy atom. The Hall–Kier alpha value is -3.12. The number of halogens is 1. The third-order valence-corrected chi connectivity index (χ3v) is 9.78. The molecule has 0 aliphatic carbocycles. The molecule has 12 heteroatoms. The number of sulfonamides is 2. The third kappa shape index (κ3) is 6.29. The van der Waals surface area contributed by atoms with Gasteiger partial charge in [-0.05, 0) is 86.0 Å². The maximum Gasteiger partial charge on any atom is 0.264 e. The fourth-order valence-corrected chi connectivity index (χ4v) is 6.84. The number of amides is 1. The zero-order chi connectivity index (χ0) is 27.5. The number of benzene rings is 3. The average molecular weight is 578 g/mol. The van der Waals surface area contributed by atoms with E-state index in [4.69, 9.17) is 16.3 Å². The van der Waals surface area contributed by atoms with Crippen LogP contribution in [0.5, 0.6) is 5.75 Å². The second kappa shape index (κ2) is 11.3. The van der Waals surface area contributed by atoms with Crippen LogP contribution in [0.15, 0.2) is 76.5 Å². The number of nitrogens with one attached hydrogen (secondary N) is 2. The van der Waals surface area contributed by atoms with Crippen LogP contribution < -0.4 is 19.1 Å². The molecular formula is C26H28ClN3O6S2. The molecule has 3 aromatic carbocycles. The first kappa shape index (κ1) is 27.9. The quantitative estimate of drug-likeness (QED) is 0.373. The Morgan fingerprint density at radius 3 is 2.32 bits per heavy atom. The number of anilines is 2. The van der Waals surface area contributed by atoms with E-state index < -0.39 is 26.0 Å². The van der Waals surface area contributed by atoms with Crippen molar-refractivity contribution in [1.29, 1.82) is 0 Å². The van der Waals surface area contributed by atoms with Crippen LogP contribution in [0.1, 0.15) is 25.8 Å². The van der Waals surface area contributed by atoms with E-state index >= 15 is 0 Å². The zero-order valence-corrected chi connectivity index (χ0v) is 23.2. The van der Waals surface area contributed by atoms with Gasteiger partial charge >= 0.3 is 0 Å². The molecule has 202 valence electrons. The maximum absolute atomic E-state index is 13.2. The Bertz CT molecular complexity index is 1530. The van der Waals surface area contributed by atoms with E-state index in [9.17, 15) is 21.6 Å².